The maximum atomic E-state index is 13.3. The lowest BCUT2D eigenvalue weighted by Crippen LogP contribution is -2.21. The summed E-state index contributed by atoms with van der Waals surface area (Å²) in [4.78, 5) is 8.83. The van der Waals surface area contributed by atoms with Crippen LogP contribution >= 0.6 is 11.6 Å². The second kappa shape index (κ2) is 10.7. The molecule has 0 saturated carbocycles. The molecule has 5 rings (SSSR count). The van der Waals surface area contributed by atoms with Crippen LogP contribution in [0.3, 0.4) is 0 Å². The molecule has 0 amide bonds. The minimum absolute atomic E-state index is 0.282. The van der Waals surface area contributed by atoms with Gasteiger partial charge in [-0.05, 0) is 55.8 Å². The normalized spacial score (nSPS) is 13.5. The van der Waals surface area contributed by atoms with Crippen LogP contribution < -0.4 is 10.6 Å². The van der Waals surface area contributed by atoms with Crippen LogP contribution in [0.4, 0.5) is 14.7 Å². The number of halogens is 3. The first-order chi connectivity index (χ1) is 16.0. The van der Waals surface area contributed by atoms with Crippen molar-refractivity contribution in [3.8, 4) is 11.3 Å². The van der Waals surface area contributed by atoms with E-state index in [-0.39, 0.29) is 6.54 Å². The predicted molar refractivity (Wildman–Crippen MR) is 129 cm³/mol. The van der Waals surface area contributed by atoms with Crippen LogP contribution in [0.15, 0.2) is 54.7 Å². The Bertz CT molecular complexity index is 1230. The lowest BCUT2D eigenvalue weighted by Gasteiger charge is -2.08. The van der Waals surface area contributed by atoms with Crippen LogP contribution in [0.1, 0.15) is 24.8 Å². The van der Waals surface area contributed by atoms with Crippen LogP contribution in [0.2, 0.25) is 5.02 Å². The zero-order valence-electron chi connectivity index (χ0n) is 18.4. The number of rotatable bonds is 4. The maximum Gasteiger partial charge on any atom is 0.224 e. The number of benzene rings is 2. The zero-order chi connectivity index (χ0) is 23.2. The Labute approximate surface area is 196 Å². The van der Waals surface area contributed by atoms with E-state index in [1.54, 1.807) is 6.20 Å². The van der Waals surface area contributed by atoms with E-state index < -0.39 is 11.6 Å². The SMILES string of the molecule is C1CCNCC1.Cn1c(-c2ccccc2Cl)cc2cnc(NCc3ccc(F)c(F)c3)nc21. The average Bonchev–Trinajstić information content (AvgIpc) is 3.17. The first-order valence-corrected chi connectivity index (χ1v) is 11.4. The van der Waals surface area contributed by atoms with Crippen LogP contribution in [-0.4, -0.2) is 27.6 Å². The minimum atomic E-state index is -0.877. The summed E-state index contributed by atoms with van der Waals surface area (Å²) < 4.78 is 28.3. The van der Waals surface area contributed by atoms with E-state index in [4.69, 9.17) is 11.6 Å². The van der Waals surface area contributed by atoms with Crippen molar-refractivity contribution in [3.05, 3.63) is 76.9 Å². The van der Waals surface area contributed by atoms with Crippen LogP contribution in [0.25, 0.3) is 22.3 Å². The number of aryl methyl sites for hydroxylation is 1. The molecule has 1 aliphatic heterocycles. The van der Waals surface area contributed by atoms with Gasteiger partial charge < -0.3 is 15.2 Å². The fraction of sp³-hybridized carbons (Fsp3) is 0.280. The number of aromatic nitrogens is 3. The number of fused-ring (bicyclic) bond motifs is 1. The van der Waals surface area contributed by atoms with Gasteiger partial charge in [-0.1, -0.05) is 42.3 Å². The van der Waals surface area contributed by atoms with Gasteiger partial charge in [-0.15, -0.1) is 0 Å². The van der Waals surface area contributed by atoms with Crippen molar-refractivity contribution >= 4 is 28.6 Å². The summed E-state index contributed by atoms with van der Waals surface area (Å²) in [5.74, 6) is -1.34. The van der Waals surface area contributed by atoms with Gasteiger partial charge in [-0.3, -0.25) is 0 Å². The van der Waals surface area contributed by atoms with Gasteiger partial charge in [0.1, 0.15) is 5.65 Å². The van der Waals surface area contributed by atoms with E-state index in [0.717, 1.165) is 34.4 Å². The lowest BCUT2D eigenvalue weighted by atomic mass is 10.1. The second-order valence-electron chi connectivity index (χ2n) is 7.95. The Morgan fingerprint density at radius 2 is 1.82 bits per heavy atom. The van der Waals surface area contributed by atoms with Crippen LogP contribution in [-0.2, 0) is 13.6 Å². The molecule has 0 spiro atoms. The van der Waals surface area contributed by atoms with Crippen LogP contribution in [0, 0.1) is 11.6 Å². The van der Waals surface area contributed by atoms with Crippen molar-refractivity contribution in [1.82, 2.24) is 19.9 Å². The topological polar surface area (TPSA) is 54.8 Å². The molecule has 0 unspecified atom stereocenters. The number of hydrogen-bond donors (Lipinski definition) is 2. The van der Waals surface area contributed by atoms with Gasteiger partial charge in [0, 0.05) is 35.8 Å². The molecular weight excluding hydrogens is 444 g/mol. The van der Waals surface area contributed by atoms with Gasteiger partial charge >= 0.3 is 0 Å². The molecule has 0 bridgehead atoms. The molecule has 0 atom stereocenters. The molecule has 0 aliphatic carbocycles. The van der Waals surface area contributed by atoms with Crippen molar-refractivity contribution in [2.45, 2.75) is 25.8 Å². The molecule has 5 nitrogen and oxygen atoms in total. The van der Waals surface area contributed by atoms with Crippen molar-refractivity contribution in [3.63, 3.8) is 0 Å². The summed E-state index contributed by atoms with van der Waals surface area (Å²) in [6, 6.07) is 13.4. The van der Waals surface area contributed by atoms with E-state index in [0.29, 0.717) is 16.5 Å². The summed E-state index contributed by atoms with van der Waals surface area (Å²) in [6.45, 7) is 2.78. The monoisotopic (exact) mass is 469 g/mol. The third-order valence-electron chi connectivity index (χ3n) is 5.56. The first kappa shape index (κ1) is 23.1. The van der Waals surface area contributed by atoms with Gasteiger partial charge in [-0.2, -0.15) is 4.98 Å². The molecule has 0 radical (unpaired) electrons. The summed E-state index contributed by atoms with van der Waals surface area (Å²) >= 11 is 6.31. The molecule has 1 saturated heterocycles. The molecule has 172 valence electrons. The Hall–Kier alpha value is -3.03. The summed E-state index contributed by atoms with van der Waals surface area (Å²) in [5.41, 5.74) is 3.19. The number of nitrogens with zero attached hydrogens (tertiary/aromatic N) is 3. The van der Waals surface area contributed by atoms with E-state index in [9.17, 15) is 8.78 Å². The number of nitrogens with one attached hydrogen (secondary N) is 2. The Morgan fingerprint density at radius 1 is 1.03 bits per heavy atom. The summed E-state index contributed by atoms with van der Waals surface area (Å²) in [7, 11) is 1.91. The Balaban J connectivity index is 0.000000376. The number of piperidine rings is 1. The fourth-order valence-corrected chi connectivity index (χ4v) is 3.99. The highest BCUT2D eigenvalue weighted by Crippen LogP contribution is 2.31. The van der Waals surface area contributed by atoms with Crippen LogP contribution in [0.5, 0.6) is 0 Å². The maximum absolute atomic E-state index is 13.3. The summed E-state index contributed by atoms with van der Waals surface area (Å²) in [5, 5.41) is 7.86. The molecule has 1 fully saturated rings. The smallest absolute Gasteiger partial charge is 0.224 e. The Kier molecular flexibility index (Phi) is 7.52. The molecule has 1 aliphatic rings. The average molecular weight is 470 g/mol. The molecule has 2 aromatic heterocycles. The zero-order valence-corrected chi connectivity index (χ0v) is 19.2. The highest BCUT2D eigenvalue weighted by molar-refractivity contribution is 6.33. The predicted octanol–water partition coefficient (Wildman–Crippen LogP) is 5.94. The molecule has 2 N–H and O–H groups in total. The lowest BCUT2D eigenvalue weighted by molar-refractivity contribution is 0.507. The summed E-state index contributed by atoms with van der Waals surface area (Å²) in [6.07, 6.45) is 5.93. The quantitative estimate of drug-likeness (QED) is 0.388. The van der Waals surface area contributed by atoms with Gasteiger partial charge in [-0.25, -0.2) is 13.8 Å². The highest BCUT2D eigenvalue weighted by Gasteiger charge is 2.13. The molecule has 3 heterocycles. The number of hydrogen-bond acceptors (Lipinski definition) is 4. The van der Waals surface area contributed by atoms with E-state index >= 15 is 0 Å². The van der Waals surface area contributed by atoms with Gasteiger partial charge in [0.2, 0.25) is 5.95 Å². The first-order valence-electron chi connectivity index (χ1n) is 11.0. The van der Waals surface area contributed by atoms with Crippen molar-refractivity contribution in [1.29, 1.82) is 0 Å². The highest BCUT2D eigenvalue weighted by atomic mass is 35.5. The van der Waals surface area contributed by atoms with Gasteiger partial charge in [0.05, 0.1) is 5.69 Å². The van der Waals surface area contributed by atoms with Crippen molar-refractivity contribution in [2.75, 3.05) is 18.4 Å². The van der Waals surface area contributed by atoms with Gasteiger partial charge in [0.25, 0.3) is 0 Å². The van der Waals surface area contributed by atoms with Crippen molar-refractivity contribution in [2.24, 2.45) is 7.05 Å². The van der Waals surface area contributed by atoms with Crippen molar-refractivity contribution < 1.29 is 8.78 Å². The standard InChI is InChI=1S/C20H15ClF2N4.C5H11N/c1-27-18(14-4-2-3-5-15(14)21)9-13-11-25-20(26-19(13)27)24-10-12-6-7-16(22)17(23)8-12;1-2-4-6-5-3-1/h2-9,11H,10H2,1H3,(H,24,25,26);6H,1-5H2. The third-order valence-corrected chi connectivity index (χ3v) is 5.89. The minimum Gasteiger partial charge on any atom is -0.350 e. The largest absolute Gasteiger partial charge is 0.350 e. The third kappa shape index (κ3) is 5.67. The Morgan fingerprint density at radius 3 is 2.48 bits per heavy atom. The molecule has 4 aromatic rings. The fourth-order valence-electron chi connectivity index (χ4n) is 3.76. The van der Waals surface area contributed by atoms with E-state index in [1.807, 2.05) is 41.9 Å². The second-order valence-corrected chi connectivity index (χ2v) is 8.36. The van der Waals surface area contributed by atoms with E-state index in [2.05, 4.69) is 20.6 Å². The molecular formula is C25H26ClF2N5. The number of anilines is 1. The molecule has 8 heteroatoms. The van der Waals surface area contributed by atoms with Gasteiger partial charge in [0.15, 0.2) is 11.6 Å². The molecule has 33 heavy (non-hydrogen) atoms. The van der Waals surface area contributed by atoms with E-state index in [1.165, 1.54) is 38.4 Å². The molecule has 2 aromatic carbocycles.